The lowest BCUT2D eigenvalue weighted by molar-refractivity contribution is 0.402. The molecule has 1 fully saturated rings. The van der Waals surface area contributed by atoms with Gasteiger partial charge in [0.2, 0.25) is 0 Å². The number of nitrogens with one attached hydrogen (secondary N) is 1. The van der Waals surface area contributed by atoms with E-state index in [-0.39, 0.29) is 11.3 Å². The zero-order valence-electron chi connectivity index (χ0n) is 14.6. The van der Waals surface area contributed by atoms with Crippen LogP contribution < -0.4 is 5.73 Å². The SMILES string of the molecule is C/C(=C\C(=C/C(C)C)CC(C)(C)C(=N)N)C1CCCCC1. The van der Waals surface area contributed by atoms with Gasteiger partial charge in [-0.15, -0.1) is 0 Å². The highest BCUT2D eigenvalue weighted by atomic mass is 14.7. The summed E-state index contributed by atoms with van der Waals surface area (Å²) in [5.41, 5.74) is 8.35. The minimum Gasteiger partial charge on any atom is -0.387 e. The second kappa shape index (κ2) is 7.82. The van der Waals surface area contributed by atoms with Gasteiger partial charge < -0.3 is 5.73 Å². The third-order valence-corrected chi connectivity index (χ3v) is 4.58. The molecule has 0 aliphatic heterocycles. The first-order valence-electron chi connectivity index (χ1n) is 8.46. The first kappa shape index (κ1) is 18.0. The highest BCUT2D eigenvalue weighted by Crippen LogP contribution is 2.32. The molecule has 21 heavy (non-hydrogen) atoms. The Morgan fingerprint density at radius 1 is 1.24 bits per heavy atom. The van der Waals surface area contributed by atoms with Gasteiger partial charge in [-0.05, 0) is 38.0 Å². The van der Waals surface area contributed by atoms with Crippen LogP contribution >= 0.6 is 0 Å². The fourth-order valence-corrected chi connectivity index (χ4v) is 3.16. The van der Waals surface area contributed by atoms with E-state index in [9.17, 15) is 0 Å². The molecule has 1 saturated carbocycles. The summed E-state index contributed by atoms with van der Waals surface area (Å²) in [7, 11) is 0. The van der Waals surface area contributed by atoms with E-state index >= 15 is 0 Å². The lowest BCUT2D eigenvalue weighted by Gasteiger charge is -2.26. The van der Waals surface area contributed by atoms with Crippen LogP contribution in [0.25, 0.3) is 0 Å². The monoisotopic (exact) mass is 290 g/mol. The van der Waals surface area contributed by atoms with Gasteiger partial charge in [0.15, 0.2) is 0 Å². The van der Waals surface area contributed by atoms with E-state index < -0.39 is 0 Å². The normalized spacial score (nSPS) is 19.1. The molecule has 2 nitrogen and oxygen atoms in total. The van der Waals surface area contributed by atoms with Gasteiger partial charge in [-0.1, -0.05) is 70.3 Å². The summed E-state index contributed by atoms with van der Waals surface area (Å²) in [6, 6.07) is 0. The second-order valence-corrected chi connectivity index (χ2v) is 7.68. The minimum absolute atomic E-state index is 0.260. The molecule has 0 heterocycles. The lowest BCUT2D eigenvalue weighted by Crippen LogP contribution is -2.31. The second-order valence-electron chi connectivity index (χ2n) is 7.68. The van der Waals surface area contributed by atoms with Crippen molar-refractivity contribution in [2.45, 2.75) is 73.1 Å². The maximum atomic E-state index is 7.78. The average molecular weight is 290 g/mol. The van der Waals surface area contributed by atoms with Gasteiger partial charge in [-0.25, -0.2) is 0 Å². The molecule has 1 aliphatic carbocycles. The predicted molar refractivity (Wildman–Crippen MR) is 93.6 cm³/mol. The number of hydrogen-bond acceptors (Lipinski definition) is 1. The summed E-state index contributed by atoms with van der Waals surface area (Å²) in [6.07, 6.45) is 12.4. The fourth-order valence-electron chi connectivity index (χ4n) is 3.16. The number of hydrogen-bond donors (Lipinski definition) is 2. The summed E-state index contributed by atoms with van der Waals surface area (Å²) in [4.78, 5) is 0. The largest absolute Gasteiger partial charge is 0.387 e. The third kappa shape index (κ3) is 6.07. The molecule has 0 amide bonds. The van der Waals surface area contributed by atoms with Gasteiger partial charge in [-0.3, -0.25) is 5.41 Å². The van der Waals surface area contributed by atoms with Crippen molar-refractivity contribution in [3.63, 3.8) is 0 Å². The molecule has 0 atom stereocenters. The van der Waals surface area contributed by atoms with Crippen LogP contribution in [0.3, 0.4) is 0 Å². The van der Waals surface area contributed by atoms with Crippen molar-refractivity contribution in [2.75, 3.05) is 0 Å². The first-order chi connectivity index (χ1) is 9.72. The zero-order chi connectivity index (χ0) is 16.0. The van der Waals surface area contributed by atoms with E-state index in [1.165, 1.54) is 43.3 Å². The van der Waals surface area contributed by atoms with Crippen molar-refractivity contribution in [1.82, 2.24) is 0 Å². The number of nitrogens with two attached hydrogens (primary N) is 1. The smallest absolute Gasteiger partial charge is 0.0966 e. The van der Waals surface area contributed by atoms with Crippen LogP contribution in [-0.2, 0) is 0 Å². The Hall–Kier alpha value is -1.05. The molecule has 0 aromatic carbocycles. The zero-order valence-corrected chi connectivity index (χ0v) is 14.6. The first-order valence-corrected chi connectivity index (χ1v) is 8.46. The number of rotatable bonds is 6. The molecule has 0 unspecified atom stereocenters. The Kier molecular flexibility index (Phi) is 6.70. The fraction of sp³-hybridized carbons (Fsp3) is 0.737. The van der Waals surface area contributed by atoms with Crippen LogP contribution in [0.2, 0.25) is 0 Å². The van der Waals surface area contributed by atoms with Crippen LogP contribution in [0, 0.1) is 22.7 Å². The molecule has 0 bridgehead atoms. The molecular weight excluding hydrogens is 256 g/mol. The molecule has 3 N–H and O–H groups in total. The maximum Gasteiger partial charge on any atom is 0.0966 e. The molecule has 0 radical (unpaired) electrons. The summed E-state index contributed by atoms with van der Waals surface area (Å²) in [5.74, 6) is 1.56. The summed E-state index contributed by atoms with van der Waals surface area (Å²) >= 11 is 0. The molecule has 1 aliphatic rings. The van der Waals surface area contributed by atoms with Crippen molar-refractivity contribution in [3.8, 4) is 0 Å². The van der Waals surface area contributed by atoms with Crippen molar-refractivity contribution >= 4 is 5.84 Å². The van der Waals surface area contributed by atoms with E-state index in [1.54, 1.807) is 0 Å². The molecule has 2 heteroatoms. The van der Waals surface area contributed by atoms with Crippen LogP contribution in [-0.4, -0.2) is 5.84 Å². The van der Waals surface area contributed by atoms with E-state index in [0.717, 1.165) is 12.3 Å². The van der Waals surface area contributed by atoms with Gasteiger partial charge in [0.1, 0.15) is 0 Å². The Labute approximate surface area is 131 Å². The lowest BCUT2D eigenvalue weighted by atomic mass is 9.80. The van der Waals surface area contributed by atoms with E-state index in [1.807, 2.05) is 0 Å². The Morgan fingerprint density at radius 2 is 1.81 bits per heavy atom. The van der Waals surface area contributed by atoms with Crippen LogP contribution in [0.4, 0.5) is 0 Å². The molecule has 0 saturated heterocycles. The van der Waals surface area contributed by atoms with E-state index in [0.29, 0.717) is 5.92 Å². The van der Waals surface area contributed by atoms with Gasteiger partial charge in [-0.2, -0.15) is 0 Å². The standard InChI is InChI=1S/C19H34N2/c1-14(2)11-16(13-19(4,5)18(20)21)12-15(3)17-9-7-6-8-10-17/h11-12,14,17H,6-10,13H2,1-5H3,(H3,20,21)/b15-12+,16-11+. The summed E-state index contributed by atoms with van der Waals surface area (Å²) in [5, 5.41) is 7.78. The van der Waals surface area contributed by atoms with Gasteiger partial charge >= 0.3 is 0 Å². The topological polar surface area (TPSA) is 49.9 Å². The molecule has 120 valence electrons. The van der Waals surface area contributed by atoms with Crippen molar-refractivity contribution in [3.05, 3.63) is 23.3 Å². The van der Waals surface area contributed by atoms with E-state index in [2.05, 4.69) is 46.8 Å². The minimum atomic E-state index is -0.260. The Morgan fingerprint density at radius 3 is 2.29 bits per heavy atom. The molecule has 0 spiro atoms. The van der Waals surface area contributed by atoms with Gasteiger partial charge in [0.05, 0.1) is 5.84 Å². The van der Waals surface area contributed by atoms with Crippen LogP contribution in [0.1, 0.15) is 73.1 Å². The van der Waals surface area contributed by atoms with Crippen molar-refractivity contribution in [1.29, 1.82) is 5.41 Å². The molecular formula is C19H34N2. The van der Waals surface area contributed by atoms with Crippen molar-refractivity contribution in [2.24, 2.45) is 23.0 Å². The van der Waals surface area contributed by atoms with Gasteiger partial charge in [0.25, 0.3) is 0 Å². The van der Waals surface area contributed by atoms with Crippen LogP contribution in [0.5, 0.6) is 0 Å². The Bertz CT molecular complexity index is 407. The molecule has 1 rings (SSSR count). The van der Waals surface area contributed by atoms with Crippen molar-refractivity contribution < 1.29 is 0 Å². The molecule has 0 aromatic heterocycles. The number of allylic oxidation sites excluding steroid dienone is 4. The third-order valence-electron chi connectivity index (χ3n) is 4.58. The number of amidine groups is 1. The molecule has 0 aromatic rings. The van der Waals surface area contributed by atoms with Gasteiger partial charge in [0, 0.05) is 5.41 Å². The highest BCUT2D eigenvalue weighted by Gasteiger charge is 2.23. The summed E-state index contributed by atoms with van der Waals surface area (Å²) in [6.45, 7) is 10.8. The predicted octanol–water partition coefficient (Wildman–Crippen LogP) is 5.45. The summed E-state index contributed by atoms with van der Waals surface area (Å²) < 4.78 is 0. The van der Waals surface area contributed by atoms with E-state index in [4.69, 9.17) is 11.1 Å². The van der Waals surface area contributed by atoms with Crippen LogP contribution in [0.15, 0.2) is 23.3 Å². The Balaban J connectivity index is 2.90. The highest BCUT2D eigenvalue weighted by molar-refractivity contribution is 5.83. The maximum absolute atomic E-state index is 7.78. The average Bonchev–Trinajstić information content (AvgIpc) is 2.38. The quantitative estimate of drug-likeness (QED) is 0.381.